The standard InChI is InChI=1S/C16H21F3N2O/c1-10(2)11-6-5-7-12(8-11)13(16(17,18)19)21-9-15(3,4)14(22)20-21/h5-8,10,13H,9H2,1-4H3,(H,20,22)/t13-/m0/s1. The van der Waals surface area contributed by atoms with Crippen LogP contribution in [0.15, 0.2) is 24.3 Å². The molecule has 1 heterocycles. The van der Waals surface area contributed by atoms with E-state index in [1.165, 1.54) is 6.07 Å². The van der Waals surface area contributed by atoms with Crippen LogP contribution in [0, 0.1) is 5.41 Å². The van der Waals surface area contributed by atoms with Crippen LogP contribution in [0.1, 0.15) is 50.8 Å². The number of rotatable bonds is 3. The van der Waals surface area contributed by atoms with Crippen LogP contribution in [0.2, 0.25) is 0 Å². The van der Waals surface area contributed by atoms with Gasteiger partial charge in [-0.05, 0) is 30.9 Å². The van der Waals surface area contributed by atoms with E-state index >= 15 is 0 Å². The smallest absolute Gasteiger partial charge is 0.287 e. The summed E-state index contributed by atoms with van der Waals surface area (Å²) in [6.45, 7) is 7.16. The maximum absolute atomic E-state index is 13.6. The maximum atomic E-state index is 13.6. The van der Waals surface area contributed by atoms with Gasteiger partial charge in [-0.15, -0.1) is 0 Å². The van der Waals surface area contributed by atoms with Gasteiger partial charge in [-0.3, -0.25) is 10.2 Å². The number of carbonyl (C=O) groups is 1. The highest BCUT2D eigenvalue weighted by Gasteiger charge is 2.51. The predicted octanol–water partition coefficient (Wildman–Crippen LogP) is 3.79. The molecule has 1 atom stereocenters. The van der Waals surface area contributed by atoms with Crippen molar-refractivity contribution in [1.29, 1.82) is 0 Å². The summed E-state index contributed by atoms with van der Waals surface area (Å²) < 4.78 is 40.7. The van der Waals surface area contributed by atoms with Gasteiger partial charge in [0.15, 0.2) is 0 Å². The van der Waals surface area contributed by atoms with E-state index in [0.717, 1.165) is 10.6 Å². The van der Waals surface area contributed by atoms with Crippen molar-refractivity contribution in [3.8, 4) is 0 Å². The van der Waals surface area contributed by atoms with Crippen molar-refractivity contribution < 1.29 is 18.0 Å². The van der Waals surface area contributed by atoms with Crippen LogP contribution in [0.25, 0.3) is 0 Å². The lowest BCUT2D eigenvalue weighted by Gasteiger charge is -2.30. The lowest BCUT2D eigenvalue weighted by molar-refractivity contribution is -0.191. The number of hydrogen-bond acceptors (Lipinski definition) is 2. The summed E-state index contributed by atoms with van der Waals surface area (Å²) in [5.74, 6) is -0.250. The zero-order valence-corrected chi connectivity index (χ0v) is 13.2. The van der Waals surface area contributed by atoms with Crippen molar-refractivity contribution >= 4 is 5.91 Å². The van der Waals surface area contributed by atoms with Crippen LogP contribution >= 0.6 is 0 Å². The van der Waals surface area contributed by atoms with E-state index < -0.39 is 17.6 Å². The molecule has 1 aromatic rings. The predicted molar refractivity (Wildman–Crippen MR) is 78.0 cm³/mol. The molecule has 0 saturated carbocycles. The quantitative estimate of drug-likeness (QED) is 0.920. The van der Waals surface area contributed by atoms with Crippen molar-refractivity contribution in [2.45, 2.75) is 45.8 Å². The third-order valence-corrected chi connectivity index (χ3v) is 3.94. The number of benzene rings is 1. The number of amides is 1. The maximum Gasteiger partial charge on any atom is 0.409 e. The summed E-state index contributed by atoms with van der Waals surface area (Å²) in [6, 6.07) is 4.64. The second kappa shape index (κ2) is 5.57. The van der Waals surface area contributed by atoms with Gasteiger partial charge in [0.25, 0.3) is 0 Å². The molecule has 1 aliphatic rings. The van der Waals surface area contributed by atoms with Gasteiger partial charge in [0.2, 0.25) is 5.91 Å². The summed E-state index contributed by atoms with van der Waals surface area (Å²) in [5, 5.41) is 1.00. The lowest BCUT2D eigenvalue weighted by atomic mass is 9.93. The minimum atomic E-state index is -4.47. The molecule has 122 valence electrons. The highest BCUT2D eigenvalue weighted by atomic mass is 19.4. The SMILES string of the molecule is CC(C)c1cccc([C@H](N2CC(C)(C)C(=O)N2)C(F)(F)F)c1. The van der Waals surface area contributed by atoms with Crippen LogP contribution in [0.4, 0.5) is 13.2 Å². The molecule has 0 unspecified atom stereocenters. The Hall–Kier alpha value is -1.56. The summed E-state index contributed by atoms with van der Waals surface area (Å²) in [7, 11) is 0. The Morgan fingerprint density at radius 2 is 1.82 bits per heavy atom. The number of halogens is 3. The Morgan fingerprint density at radius 1 is 1.23 bits per heavy atom. The van der Waals surface area contributed by atoms with Crippen LogP contribution in [-0.4, -0.2) is 23.6 Å². The number of carbonyl (C=O) groups excluding carboxylic acids is 1. The summed E-state index contributed by atoms with van der Waals surface area (Å²) in [5.41, 5.74) is 2.53. The molecule has 1 saturated heterocycles. The summed E-state index contributed by atoms with van der Waals surface area (Å²) >= 11 is 0. The molecule has 1 fully saturated rings. The second-order valence-electron chi connectivity index (χ2n) is 6.72. The molecule has 0 bridgehead atoms. The van der Waals surface area contributed by atoms with E-state index in [2.05, 4.69) is 5.43 Å². The molecular weight excluding hydrogens is 293 g/mol. The van der Waals surface area contributed by atoms with Crippen LogP contribution in [0.5, 0.6) is 0 Å². The first-order chi connectivity index (χ1) is 10.0. The highest BCUT2D eigenvalue weighted by molar-refractivity contribution is 5.83. The zero-order chi connectivity index (χ0) is 16.7. The third-order valence-electron chi connectivity index (χ3n) is 3.94. The average Bonchev–Trinajstić information content (AvgIpc) is 2.61. The van der Waals surface area contributed by atoms with Gasteiger partial charge in [-0.1, -0.05) is 38.1 Å². The molecule has 0 radical (unpaired) electrons. The van der Waals surface area contributed by atoms with Crippen molar-refractivity contribution in [3.63, 3.8) is 0 Å². The van der Waals surface area contributed by atoms with Crippen LogP contribution in [0.3, 0.4) is 0 Å². The van der Waals surface area contributed by atoms with E-state index in [1.807, 2.05) is 19.9 Å². The fraction of sp³-hybridized carbons (Fsp3) is 0.562. The normalized spacial score (nSPS) is 20.3. The van der Waals surface area contributed by atoms with E-state index in [4.69, 9.17) is 0 Å². The molecule has 1 N–H and O–H groups in total. The minimum Gasteiger partial charge on any atom is -0.287 e. The molecule has 1 amide bonds. The van der Waals surface area contributed by atoms with Gasteiger partial charge in [0.1, 0.15) is 6.04 Å². The molecule has 22 heavy (non-hydrogen) atoms. The monoisotopic (exact) mass is 314 g/mol. The Bertz CT molecular complexity index is 567. The molecule has 0 aromatic heterocycles. The van der Waals surface area contributed by atoms with E-state index in [9.17, 15) is 18.0 Å². The van der Waals surface area contributed by atoms with E-state index in [1.54, 1.807) is 26.0 Å². The van der Waals surface area contributed by atoms with Crippen LogP contribution in [-0.2, 0) is 4.79 Å². The summed E-state index contributed by atoms with van der Waals surface area (Å²) in [6.07, 6.45) is -4.47. The molecular formula is C16H21F3N2O. The second-order valence-corrected chi connectivity index (χ2v) is 6.72. The first-order valence-corrected chi connectivity index (χ1v) is 7.26. The minimum absolute atomic E-state index is 0.0158. The molecule has 1 aliphatic heterocycles. The topological polar surface area (TPSA) is 32.3 Å². The largest absolute Gasteiger partial charge is 0.409 e. The van der Waals surface area contributed by atoms with Crippen molar-refractivity contribution in [1.82, 2.24) is 10.4 Å². The molecule has 0 aliphatic carbocycles. The van der Waals surface area contributed by atoms with Crippen molar-refractivity contribution in [2.75, 3.05) is 6.54 Å². The van der Waals surface area contributed by atoms with Gasteiger partial charge in [0, 0.05) is 6.54 Å². The number of hydrazine groups is 1. The Labute approximate surface area is 128 Å². The van der Waals surface area contributed by atoms with Gasteiger partial charge >= 0.3 is 6.18 Å². The Morgan fingerprint density at radius 3 is 2.27 bits per heavy atom. The van der Waals surface area contributed by atoms with E-state index in [0.29, 0.717) is 0 Å². The fourth-order valence-electron chi connectivity index (χ4n) is 2.61. The average molecular weight is 314 g/mol. The fourth-order valence-corrected chi connectivity index (χ4v) is 2.61. The molecule has 2 rings (SSSR count). The van der Waals surface area contributed by atoms with Gasteiger partial charge in [-0.25, -0.2) is 5.01 Å². The number of nitrogens with one attached hydrogen (secondary N) is 1. The van der Waals surface area contributed by atoms with Crippen molar-refractivity contribution in [2.24, 2.45) is 5.41 Å². The van der Waals surface area contributed by atoms with E-state index in [-0.39, 0.29) is 23.9 Å². The number of hydrogen-bond donors (Lipinski definition) is 1. The van der Waals surface area contributed by atoms with Crippen LogP contribution < -0.4 is 5.43 Å². The number of alkyl halides is 3. The highest BCUT2D eigenvalue weighted by Crippen LogP contribution is 2.40. The van der Waals surface area contributed by atoms with Gasteiger partial charge in [0.05, 0.1) is 5.41 Å². The first kappa shape index (κ1) is 16.8. The van der Waals surface area contributed by atoms with Gasteiger partial charge in [-0.2, -0.15) is 13.2 Å². The molecule has 3 nitrogen and oxygen atoms in total. The Balaban J connectivity index is 2.41. The Kier molecular flexibility index (Phi) is 4.26. The molecule has 6 heteroatoms. The van der Waals surface area contributed by atoms with Crippen molar-refractivity contribution in [3.05, 3.63) is 35.4 Å². The lowest BCUT2D eigenvalue weighted by Crippen LogP contribution is -2.43. The molecule has 1 aromatic carbocycles. The zero-order valence-electron chi connectivity index (χ0n) is 13.2. The first-order valence-electron chi connectivity index (χ1n) is 7.26. The molecule has 0 spiro atoms. The van der Waals surface area contributed by atoms with Gasteiger partial charge < -0.3 is 0 Å². The summed E-state index contributed by atoms with van der Waals surface area (Å²) in [4.78, 5) is 11.8. The third kappa shape index (κ3) is 3.27. The number of nitrogens with zero attached hydrogens (tertiary/aromatic N) is 1.